The normalized spacial score (nSPS) is 16.5. The van der Waals surface area contributed by atoms with E-state index in [1.165, 1.54) is 11.8 Å². The average molecular weight is 365 g/mol. The van der Waals surface area contributed by atoms with Crippen LogP contribution in [0, 0.1) is 0 Å². The Kier molecular flexibility index (Phi) is 4.57. The Morgan fingerprint density at radius 3 is 2.83 bits per heavy atom. The van der Waals surface area contributed by atoms with Crippen LogP contribution in [-0.4, -0.2) is 17.1 Å². The molecule has 1 heterocycles. The minimum Gasteiger partial charge on any atom is -0.324 e. The van der Waals surface area contributed by atoms with Crippen LogP contribution in [0.4, 0.5) is 11.4 Å². The third-order valence-corrected chi connectivity index (χ3v) is 5.39. The molecule has 2 aromatic rings. The van der Waals surface area contributed by atoms with Crippen molar-refractivity contribution in [3.63, 3.8) is 0 Å². The third kappa shape index (κ3) is 3.49. The maximum absolute atomic E-state index is 12.3. The summed E-state index contributed by atoms with van der Waals surface area (Å²) in [5, 5.41) is 5.92. The molecule has 2 N–H and O–H groups in total. The summed E-state index contributed by atoms with van der Waals surface area (Å²) < 4.78 is 0. The highest BCUT2D eigenvalue weighted by Crippen LogP contribution is 2.36. The van der Waals surface area contributed by atoms with Gasteiger partial charge in [-0.2, -0.15) is 0 Å². The summed E-state index contributed by atoms with van der Waals surface area (Å²) in [4.78, 5) is 25.7. The number of fused-ring (bicyclic) bond motifs is 1. The van der Waals surface area contributed by atoms with Crippen molar-refractivity contribution >= 4 is 59.2 Å². The van der Waals surface area contributed by atoms with Crippen molar-refractivity contribution in [1.29, 1.82) is 0 Å². The number of rotatable bonds is 2. The van der Waals surface area contributed by atoms with Crippen molar-refractivity contribution in [2.24, 2.45) is 0 Å². The van der Waals surface area contributed by atoms with Crippen molar-refractivity contribution in [3.05, 3.63) is 47.0 Å². The molecule has 7 heteroatoms. The first-order chi connectivity index (χ1) is 10.9. The fraction of sp³-hybridized carbons (Fsp3) is 0.125. The van der Waals surface area contributed by atoms with E-state index in [0.717, 1.165) is 4.90 Å². The zero-order valence-electron chi connectivity index (χ0n) is 12.1. The molecular formula is C16H13ClN2O2S2. The topological polar surface area (TPSA) is 58.2 Å². The molecule has 1 atom stereocenters. The van der Waals surface area contributed by atoms with Crippen LogP contribution in [0.3, 0.4) is 0 Å². The summed E-state index contributed by atoms with van der Waals surface area (Å²) in [5.41, 5.74) is 1.71. The smallest absolute Gasteiger partial charge is 0.255 e. The lowest BCUT2D eigenvalue weighted by atomic mass is 10.1. The molecule has 0 bridgehead atoms. The zero-order valence-corrected chi connectivity index (χ0v) is 14.6. The second kappa shape index (κ2) is 6.47. The fourth-order valence-electron chi connectivity index (χ4n) is 2.14. The predicted octanol–water partition coefficient (Wildman–Crippen LogP) is 4.31. The molecule has 3 rings (SSSR count). The summed E-state index contributed by atoms with van der Waals surface area (Å²) >= 11 is 11.7. The van der Waals surface area contributed by atoms with Crippen LogP contribution in [0.25, 0.3) is 0 Å². The number of hydrogen-bond acceptors (Lipinski definition) is 4. The minimum absolute atomic E-state index is 0.0591. The first-order valence-corrected chi connectivity index (χ1v) is 8.56. The Labute approximate surface area is 148 Å². The van der Waals surface area contributed by atoms with E-state index in [4.69, 9.17) is 11.6 Å². The van der Waals surface area contributed by atoms with Crippen molar-refractivity contribution < 1.29 is 9.59 Å². The van der Waals surface area contributed by atoms with Gasteiger partial charge in [-0.15, -0.1) is 24.4 Å². The maximum atomic E-state index is 12.3. The molecule has 1 aliphatic rings. The highest BCUT2D eigenvalue weighted by molar-refractivity contribution is 8.00. The predicted molar refractivity (Wildman–Crippen MR) is 97.0 cm³/mol. The Balaban J connectivity index is 1.81. The average Bonchev–Trinajstić information content (AvgIpc) is 2.51. The first-order valence-electron chi connectivity index (χ1n) is 6.85. The summed E-state index contributed by atoms with van der Waals surface area (Å²) in [5.74, 6) is -0.329. The van der Waals surface area contributed by atoms with Crippen LogP contribution >= 0.6 is 36.0 Å². The number of carbonyl (C=O) groups is 2. The quantitative estimate of drug-likeness (QED) is 0.696. The van der Waals surface area contributed by atoms with E-state index in [-0.39, 0.29) is 17.1 Å². The molecule has 0 saturated heterocycles. The molecule has 0 radical (unpaired) electrons. The molecule has 2 amide bonds. The number of anilines is 2. The molecule has 0 saturated carbocycles. The van der Waals surface area contributed by atoms with Gasteiger partial charge in [0.2, 0.25) is 5.91 Å². The van der Waals surface area contributed by atoms with Gasteiger partial charge in [-0.3, -0.25) is 9.59 Å². The van der Waals surface area contributed by atoms with E-state index in [9.17, 15) is 9.59 Å². The number of hydrogen-bond donors (Lipinski definition) is 3. The molecule has 1 unspecified atom stereocenters. The summed E-state index contributed by atoms with van der Waals surface area (Å²) in [6.45, 7) is 1.85. The molecule has 1 aliphatic heterocycles. The van der Waals surface area contributed by atoms with E-state index in [1.807, 2.05) is 13.0 Å². The Hall–Kier alpha value is -1.63. The first kappa shape index (κ1) is 16.2. The van der Waals surface area contributed by atoms with Gasteiger partial charge in [0, 0.05) is 21.0 Å². The van der Waals surface area contributed by atoms with Gasteiger partial charge >= 0.3 is 0 Å². The molecular weight excluding hydrogens is 352 g/mol. The van der Waals surface area contributed by atoms with Crippen LogP contribution in [0.5, 0.6) is 0 Å². The Morgan fingerprint density at radius 1 is 1.30 bits per heavy atom. The van der Waals surface area contributed by atoms with Gasteiger partial charge < -0.3 is 10.6 Å². The van der Waals surface area contributed by atoms with E-state index in [0.29, 0.717) is 26.9 Å². The van der Waals surface area contributed by atoms with Gasteiger partial charge in [0.1, 0.15) is 0 Å². The molecule has 0 aliphatic carbocycles. The van der Waals surface area contributed by atoms with E-state index < -0.39 is 0 Å². The van der Waals surface area contributed by atoms with Crippen LogP contribution in [0.2, 0.25) is 5.02 Å². The van der Waals surface area contributed by atoms with E-state index in [2.05, 4.69) is 23.3 Å². The molecule has 4 nitrogen and oxygen atoms in total. The largest absolute Gasteiger partial charge is 0.324 e. The number of thiol groups is 1. The van der Waals surface area contributed by atoms with Gasteiger partial charge in [-0.05, 0) is 43.3 Å². The summed E-state index contributed by atoms with van der Waals surface area (Å²) in [6, 6.07) is 10.3. The molecule has 0 fully saturated rings. The molecule has 23 heavy (non-hydrogen) atoms. The van der Waals surface area contributed by atoms with Crippen LogP contribution < -0.4 is 10.6 Å². The molecule has 0 aromatic heterocycles. The highest BCUT2D eigenvalue weighted by Gasteiger charge is 2.23. The monoisotopic (exact) mass is 364 g/mol. The van der Waals surface area contributed by atoms with Crippen LogP contribution in [0.15, 0.2) is 46.2 Å². The molecule has 118 valence electrons. The molecule has 0 spiro atoms. The van der Waals surface area contributed by atoms with Crippen molar-refractivity contribution in [2.45, 2.75) is 22.0 Å². The van der Waals surface area contributed by atoms with Crippen molar-refractivity contribution in [2.75, 3.05) is 10.6 Å². The number of amides is 2. The van der Waals surface area contributed by atoms with Crippen LogP contribution in [-0.2, 0) is 4.79 Å². The van der Waals surface area contributed by atoms with E-state index in [1.54, 1.807) is 30.3 Å². The van der Waals surface area contributed by atoms with Gasteiger partial charge in [0.25, 0.3) is 5.91 Å². The zero-order chi connectivity index (χ0) is 16.6. The van der Waals surface area contributed by atoms with Gasteiger partial charge in [0.15, 0.2) is 0 Å². The molecule has 2 aromatic carbocycles. The number of halogens is 1. The minimum atomic E-state index is -0.270. The summed E-state index contributed by atoms with van der Waals surface area (Å²) in [7, 11) is 0. The van der Waals surface area contributed by atoms with Crippen molar-refractivity contribution in [1.82, 2.24) is 0 Å². The van der Waals surface area contributed by atoms with Crippen molar-refractivity contribution in [3.8, 4) is 0 Å². The lowest BCUT2D eigenvalue weighted by molar-refractivity contribution is -0.115. The number of thioether (sulfide) groups is 1. The lowest BCUT2D eigenvalue weighted by Crippen LogP contribution is -2.26. The lowest BCUT2D eigenvalue weighted by Gasteiger charge is -2.21. The number of nitrogens with one attached hydrogen (secondary N) is 2. The second-order valence-electron chi connectivity index (χ2n) is 5.08. The van der Waals surface area contributed by atoms with Gasteiger partial charge in [0.05, 0.1) is 16.0 Å². The van der Waals surface area contributed by atoms with E-state index >= 15 is 0 Å². The van der Waals surface area contributed by atoms with Gasteiger partial charge in [-0.1, -0.05) is 11.6 Å². The SMILES string of the molecule is CC1Sc2ccc(C(=O)Nc3ccc(S)c(Cl)c3)cc2NC1=O. The fourth-order valence-corrected chi connectivity index (χ4v) is 3.39. The maximum Gasteiger partial charge on any atom is 0.255 e. The van der Waals surface area contributed by atoms with Crippen LogP contribution in [0.1, 0.15) is 17.3 Å². The Morgan fingerprint density at radius 2 is 2.09 bits per heavy atom. The second-order valence-corrected chi connectivity index (χ2v) is 7.35. The number of carbonyl (C=O) groups excluding carboxylic acids is 2. The third-order valence-electron chi connectivity index (χ3n) is 3.38. The summed E-state index contributed by atoms with van der Waals surface area (Å²) in [6.07, 6.45) is 0. The number of benzene rings is 2. The standard InChI is InChI=1S/C16H13ClN2O2S2/c1-8-15(20)19-12-6-9(2-5-14(12)23-8)16(21)18-10-3-4-13(22)11(17)7-10/h2-8,22H,1H3,(H,18,21)(H,19,20). The Bertz CT molecular complexity index is 811. The van der Waals surface area contributed by atoms with Gasteiger partial charge in [-0.25, -0.2) is 0 Å². The highest BCUT2D eigenvalue weighted by atomic mass is 35.5.